The third-order valence-electron chi connectivity index (χ3n) is 3.86. The van der Waals surface area contributed by atoms with E-state index in [1.807, 2.05) is 11.9 Å². The number of aliphatic imine (C=N–C) groups is 1. The summed E-state index contributed by atoms with van der Waals surface area (Å²) in [5, 5.41) is 0.968. The quantitative estimate of drug-likeness (QED) is 0.834. The molecule has 0 radical (unpaired) electrons. The van der Waals surface area contributed by atoms with Crippen molar-refractivity contribution in [1.29, 1.82) is 0 Å². The molecular formula is C14H18N2O2S2. The van der Waals surface area contributed by atoms with Crippen LogP contribution in [0.4, 0.5) is 0 Å². The highest BCUT2D eigenvalue weighted by Crippen LogP contribution is 2.30. The molecule has 0 amide bonds. The molecule has 1 aromatic rings. The van der Waals surface area contributed by atoms with Crippen LogP contribution in [0, 0.1) is 6.92 Å². The molecule has 0 aromatic heterocycles. The number of hydrogen-bond donors (Lipinski definition) is 0. The molecule has 4 nitrogen and oxygen atoms in total. The van der Waals surface area contributed by atoms with Crippen LogP contribution in [0.15, 0.2) is 29.3 Å². The maximum absolute atomic E-state index is 11.6. The Kier molecular flexibility index (Phi) is 3.54. The lowest BCUT2D eigenvalue weighted by Gasteiger charge is -2.20. The van der Waals surface area contributed by atoms with Gasteiger partial charge in [0.25, 0.3) is 0 Å². The van der Waals surface area contributed by atoms with Crippen LogP contribution in [0.2, 0.25) is 0 Å². The topological polar surface area (TPSA) is 49.7 Å². The minimum absolute atomic E-state index is 0.0421. The molecule has 2 atom stereocenters. The van der Waals surface area contributed by atoms with Gasteiger partial charge in [0.15, 0.2) is 15.0 Å². The van der Waals surface area contributed by atoms with E-state index in [0.29, 0.717) is 0 Å². The van der Waals surface area contributed by atoms with Crippen molar-refractivity contribution in [2.24, 2.45) is 4.99 Å². The summed E-state index contributed by atoms with van der Waals surface area (Å²) in [5.41, 5.74) is 2.52. The number of amidine groups is 1. The predicted octanol–water partition coefficient (Wildman–Crippen LogP) is 1.70. The number of benzene rings is 1. The normalized spacial score (nSPS) is 27.5. The van der Waals surface area contributed by atoms with Gasteiger partial charge in [-0.1, -0.05) is 41.6 Å². The van der Waals surface area contributed by atoms with E-state index in [9.17, 15) is 8.42 Å². The molecule has 2 aliphatic heterocycles. The molecule has 3 rings (SSSR count). The molecule has 2 aliphatic rings. The number of aryl methyl sites for hydroxylation is 1. The van der Waals surface area contributed by atoms with Crippen LogP contribution in [-0.4, -0.2) is 49.1 Å². The molecule has 1 saturated heterocycles. The van der Waals surface area contributed by atoms with E-state index >= 15 is 0 Å². The fraction of sp³-hybridized carbons (Fsp3) is 0.500. The number of thioether (sulfide) groups is 1. The Bertz CT molecular complexity index is 638. The maximum atomic E-state index is 11.6. The zero-order valence-corrected chi connectivity index (χ0v) is 13.2. The monoisotopic (exact) mass is 310 g/mol. The fourth-order valence-electron chi connectivity index (χ4n) is 2.65. The Morgan fingerprint density at radius 1 is 1.30 bits per heavy atom. The number of sulfone groups is 1. The maximum Gasteiger partial charge on any atom is 0.159 e. The first-order valence-electron chi connectivity index (χ1n) is 6.64. The van der Waals surface area contributed by atoms with Gasteiger partial charge < -0.3 is 4.90 Å². The second kappa shape index (κ2) is 5.07. The lowest BCUT2D eigenvalue weighted by molar-refractivity contribution is 0.410. The highest BCUT2D eigenvalue weighted by Gasteiger charge is 2.44. The number of likely N-dealkylation sites (N-methyl/N-ethyl adjacent to an activating group) is 1. The third kappa shape index (κ3) is 2.72. The molecular weight excluding hydrogens is 292 g/mol. The number of fused-ring (bicyclic) bond motifs is 1. The Morgan fingerprint density at radius 2 is 2.00 bits per heavy atom. The SMILES string of the molecule is Cc1ccc(CSC2=N[C@H]3CS(=O)(=O)C[C@H]3N2C)cc1. The van der Waals surface area contributed by atoms with Crippen molar-refractivity contribution in [2.45, 2.75) is 24.8 Å². The van der Waals surface area contributed by atoms with Gasteiger partial charge >= 0.3 is 0 Å². The summed E-state index contributed by atoms with van der Waals surface area (Å²) in [6, 6.07) is 8.45. The van der Waals surface area contributed by atoms with E-state index in [0.717, 1.165) is 10.9 Å². The molecule has 0 N–H and O–H groups in total. The van der Waals surface area contributed by atoms with Gasteiger partial charge in [0.2, 0.25) is 0 Å². The van der Waals surface area contributed by atoms with Gasteiger partial charge in [-0.2, -0.15) is 0 Å². The van der Waals surface area contributed by atoms with Gasteiger partial charge in [0.05, 0.1) is 23.6 Å². The second-order valence-corrected chi connectivity index (χ2v) is 8.60. The molecule has 20 heavy (non-hydrogen) atoms. The van der Waals surface area contributed by atoms with Crippen LogP contribution < -0.4 is 0 Å². The molecule has 2 heterocycles. The van der Waals surface area contributed by atoms with Crippen molar-refractivity contribution in [3.05, 3.63) is 35.4 Å². The largest absolute Gasteiger partial charge is 0.348 e. The molecule has 0 unspecified atom stereocenters. The summed E-state index contributed by atoms with van der Waals surface area (Å²) in [4.78, 5) is 6.62. The van der Waals surface area contributed by atoms with E-state index < -0.39 is 9.84 Å². The number of hydrogen-bond acceptors (Lipinski definition) is 5. The molecule has 0 spiro atoms. The van der Waals surface area contributed by atoms with Crippen molar-refractivity contribution < 1.29 is 8.42 Å². The van der Waals surface area contributed by atoms with Crippen molar-refractivity contribution in [1.82, 2.24) is 4.90 Å². The predicted molar refractivity (Wildman–Crippen MR) is 83.9 cm³/mol. The molecule has 0 bridgehead atoms. The number of rotatable bonds is 2. The van der Waals surface area contributed by atoms with Crippen LogP contribution in [0.25, 0.3) is 0 Å². The fourth-order valence-corrected chi connectivity index (χ4v) is 5.61. The van der Waals surface area contributed by atoms with Gasteiger partial charge in [0, 0.05) is 12.8 Å². The lowest BCUT2D eigenvalue weighted by atomic mass is 10.2. The Labute approximate surface area is 124 Å². The van der Waals surface area contributed by atoms with Crippen LogP contribution in [0.3, 0.4) is 0 Å². The molecule has 6 heteroatoms. The van der Waals surface area contributed by atoms with Crippen LogP contribution in [0.5, 0.6) is 0 Å². The van der Waals surface area contributed by atoms with Crippen molar-refractivity contribution in [2.75, 3.05) is 18.6 Å². The van der Waals surface area contributed by atoms with Gasteiger partial charge in [-0.05, 0) is 12.5 Å². The van der Waals surface area contributed by atoms with Crippen molar-refractivity contribution in [3.63, 3.8) is 0 Å². The zero-order chi connectivity index (χ0) is 14.3. The standard InChI is InChI=1S/C14H18N2O2S2/c1-10-3-5-11(6-4-10)7-19-14-15-12-8-20(17,18)9-13(12)16(14)2/h3-6,12-13H,7-9H2,1-2H3/t12-,13+/m0/s1. The van der Waals surface area contributed by atoms with Gasteiger partial charge in [0.1, 0.15) is 0 Å². The molecule has 1 aromatic carbocycles. The molecule has 0 saturated carbocycles. The minimum Gasteiger partial charge on any atom is -0.348 e. The summed E-state index contributed by atoms with van der Waals surface area (Å²) in [6.07, 6.45) is 0. The molecule has 0 aliphatic carbocycles. The Hall–Kier alpha value is -1.01. The molecule has 1 fully saturated rings. The van der Waals surface area contributed by atoms with E-state index in [2.05, 4.69) is 36.2 Å². The van der Waals surface area contributed by atoms with Crippen molar-refractivity contribution >= 4 is 26.8 Å². The summed E-state index contributed by atoms with van der Waals surface area (Å²) >= 11 is 1.69. The van der Waals surface area contributed by atoms with Crippen LogP contribution >= 0.6 is 11.8 Å². The lowest BCUT2D eigenvalue weighted by Crippen LogP contribution is -2.35. The van der Waals surface area contributed by atoms with Gasteiger partial charge in [-0.15, -0.1) is 0 Å². The third-order valence-corrected chi connectivity index (χ3v) is 6.69. The van der Waals surface area contributed by atoms with Crippen LogP contribution in [0.1, 0.15) is 11.1 Å². The zero-order valence-electron chi connectivity index (χ0n) is 11.6. The van der Waals surface area contributed by atoms with Crippen molar-refractivity contribution in [3.8, 4) is 0 Å². The van der Waals surface area contributed by atoms with E-state index in [4.69, 9.17) is 0 Å². The van der Waals surface area contributed by atoms with E-state index in [1.165, 1.54) is 11.1 Å². The highest BCUT2D eigenvalue weighted by atomic mass is 32.2. The first kappa shape index (κ1) is 13.9. The summed E-state index contributed by atoms with van der Waals surface area (Å²) < 4.78 is 23.2. The van der Waals surface area contributed by atoms with Crippen LogP contribution in [-0.2, 0) is 15.6 Å². The minimum atomic E-state index is -2.89. The average Bonchev–Trinajstić information content (AvgIpc) is 2.83. The van der Waals surface area contributed by atoms with Gasteiger partial charge in [-0.25, -0.2) is 8.42 Å². The average molecular weight is 310 g/mol. The smallest absolute Gasteiger partial charge is 0.159 e. The first-order valence-corrected chi connectivity index (χ1v) is 9.45. The van der Waals surface area contributed by atoms with E-state index in [1.54, 1.807) is 11.8 Å². The van der Waals surface area contributed by atoms with E-state index in [-0.39, 0.29) is 23.6 Å². The second-order valence-electron chi connectivity index (χ2n) is 5.51. The van der Waals surface area contributed by atoms with Gasteiger partial charge in [-0.3, -0.25) is 4.99 Å². The summed E-state index contributed by atoms with van der Waals surface area (Å²) in [7, 11) is -0.941. The Balaban J connectivity index is 1.66. The summed E-state index contributed by atoms with van der Waals surface area (Å²) in [6.45, 7) is 2.08. The molecule has 108 valence electrons. The Morgan fingerprint density at radius 3 is 2.65 bits per heavy atom. The number of nitrogens with zero attached hydrogens (tertiary/aromatic N) is 2. The first-order chi connectivity index (χ1) is 9.44. The summed E-state index contributed by atoms with van der Waals surface area (Å²) in [5.74, 6) is 1.32. The highest BCUT2D eigenvalue weighted by molar-refractivity contribution is 8.13.